The number of ether oxygens (including phenoxy) is 2. The van der Waals surface area contributed by atoms with Crippen LogP contribution in [-0.2, 0) is 23.4 Å². The second-order valence-corrected chi connectivity index (χ2v) is 7.47. The zero-order chi connectivity index (χ0) is 16.5. The molecular weight excluding hydrogens is 297 g/mol. The maximum Gasteiger partial charge on any atom is 0.410 e. The fourth-order valence-electron chi connectivity index (χ4n) is 1.74. The van der Waals surface area contributed by atoms with Gasteiger partial charge in [-0.25, -0.2) is 4.79 Å². The minimum Gasteiger partial charge on any atom is -0.469 e. The van der Waals surface area contributed by atoms with Gasteiger partial charge in [0.05, 0.1) is 19.8 Å². The molecule has 21 heavy (non-hydrogen) atoms. The van der Waals surface area contributed by atoms with E-state index >= 15 is 0 Å². The molecule has 8 heteroatoms. The summed E-state index contributed by atoms with van der Waals surface area (Å²) in [5.41, 5.74) is 0. The summed E-state index contributed by atoms with van der Waals surface area (Å²) < 4.78 is 27.2. The summed E-state index contributed by atoms with van der Waals surface area (Å²) in [5.74, 6) is -0.350. The first-order valence-electron chi connectivity index (χ1n) is 6.95. The van der Waals surface area contributed by atoms with Gasteiger partial charge >= 0.3 is 12.1 Å². The molecule has 1 unspecified atom stereocenters. The fraction of sp³-hybridized carbons (Fsp3) is 0.846. The Bertz CT molecular complexity index is 385. The summed E-state index contributed by atoms with van der Waals surface area (Å²) in [5, 5.41) is 0. The van der Waals surface area contributed by atoms with Gasteiger partial charge in [0.1, 0.15) is 6.29 Å². The molecule has 0 bridgehead atoms. The van der Waals surface area contributed by atoms with Gasteiger partial charge in [-0.15, -0.1) is 0 Å². The molecule has 0 aromatic heterocycles. The lowest BCUT2D eigenvalue weighted by Gasteiger charge is -2.26. The molecule has 0 spiro atoms. The fourth-order valence-corrected chi connectivity index (χ4v) is 3.58. The third-order valence-electron chi connectivity index (χ3n) is 2.42. The summed E-state index contributed by atoms with van der Waals surface area (Å²) in [4.78, 5) is 24.3. The predicted octanol–water partition coefficient (Wildman–Crippen LogP) is 2.69. The number of esters is 1. The Balaban J connectivity index is 4.62. The van der Waals surface area contributed by atoms with Gasteiger partial charge in [-0.05, 0) is 27.2 Å². The maximum atomic E-state index is 12.3. The first-order valence-corrected chi connectivity index (χ1v) is 9.21. The Morgan fingerprint density at radius 3 is 2.38 bits per heavy atom. The second kappa shape index (κ2) is 9.79. The number of hydrogen-bond acceptors (Lipinski definition) is 6. The molecule has 0 rings (SSSR count). The molecule has 0 saturated carbocycles. The Morgan fingerprint density at radius 1 is 1.29 bits per heavy atom. The van der Waals surface area contributed by atoms with Crippen molar-refractivity contribution in [3.8, 4) is 0 Å². The summed E-state index contributed by atoms with van der Waals surface area (Å²) in [7, 11) is -1.64. The van der Waals surface area contributed by atoms with E-state index in [0.29, 0.717) is 6.42 Å². The Hall–Kier alpha value is -1.07. The van der Waals surface area contributed by atoms with Crippen molar-refractivity contribution in [3.63, 3.8) is 0 Å². The van der Waals surface area contributed by atoms with Crippen LogP contribution in [0.4, 0.5) is 4.79 Å². The molecule has 1 amide bonds. The summed E-state index contributed by atoms with van der Waals surface area (Å²) in [6.07, 6.45) is -0.194. The zero-order valence-electron chi connectivity index (χ0n) is 13.5. The van der Waals surface area contributed by atoms with Crippen LogP contribution in [-0.4, -0.2) is 56.3 Å². The Labute approximate surface area is 126 Å². The van der Waals surface area contributed by atoms with Crippen LogP contribution in [0.3, 0.4) is 0 Å². The van der Waals surface area contributed by atoms with E-state index < -0.39 is 13.5 Å². The Morgan fingerprint density at radius 2 is 1.90 bits per heavy atom. The van der Waals surface area contributed by atoms with Gasteiger partial charge in [-0.2, -0.15) is 0 Å². The van der Waals surface area contributed by atoms with E-state index in [-0.39, 0.29) is 37.9 Å². The highest BCUT2D eigenvalue weighted by atomic mass is 31.2. The quantitative estimate of drug-likeness (QED) is 0.479. The first-order chi connectivity index (χ1) is 9.71. The van der Waals surface area contributed by atoms with Crippen molar-refractivity contribution in [2.24, 2.45) is 0 Å². The average Bonchev–Trinajstić information content (AvgIpc) is 2.35. The third kappa shape index (κ3) is 9.47. The highest BCUT2D eigenvalue weighted by Gasteiger charge is 2.26. The normalized spacial score (nSPS) is 13.6. The predicted molar refractivity (Wildman–Crippen MR) is 79.6 cm³/mol. The molecule has 1 atom stereocenters. The average molecular weight is 323 g/mol. The molecule has 0 N–H and O–H groups in total. The van der Waals surface area contributed by atoms with E-state index in [1.807, 2.05) is 0 Å². The van der Waals surface area contributed by atoms with Crippen LogP contribution < -0.4 is 0 Å². The van der Waals surface area contributed by atoms with Crippen LogP contribution in [0.2, 0.25) is 0 Å². The lowest BCUT2D eigenvalue weighted by atomic mass is 10.3. The smallest absolute Gasteiger partial charge is 0.410 e. The molecule has 124 valence electrons. The zero-order valence-corrected chi connectivity index (χ0v) is 14.4. The standard InChI is InChI=1S/C13H26NO6P/c1-6-19-13(16)14(9-7-8-12(15)18-4)10-21(5,17)20-11(2)3/h11H,6-10H2,1-5H3. The number of hydrogen-bond donors (Lipinski definition) is 0. The van der Waals surface area contributed by atoms with Crippen LogP contribution in [0.1, 0.15) is 33.6 Å². The SMILES string of the molecule is CCOC(=O)N(CCCC(=O)OC)CP(C)(=O)OC(C)C. The number of amides is 1. The molecule has 0 heterocycles. The number of rotatable bonds is 9. The van der Waals surface area contributed by atoms with Crippen molar-refractivity contribution in [1.29, 1.82) is 0 Å². The molecule has 0 radical (unpaired) electrons. The van der Waals surface area contributed by atoms with Crippen molar-refractivity contribution in [1.82, 2.24) is 4.90 Å². The van der Waals surface area contributed by atoms with Gasteiger partial charge in [0.2, 0.25) is 7.37 Å². The van der Waals surface area contributed by atoms with Gasteiger partial charge in [-0.1, -0.05) is 0 Å². The van der Waals surface area contributed by atoms with Gasteiger partial charge in [0.25, 0.3) is 0 Å². The van der Waals surface area contributed by atoms with Gasteiger partial charge in [0.15, 0.2) is 0 Å². The molecule has 7 nitrogen and oxygen atoms in total. The number of methoxy groups -OCH3 is 1. The van der Waals surface area contributed by atoms with E-state index in [4.69, 9.17) is 9.26 Å². The van der Waals surface area contributed by atoms with Gasteiger partial charge in [0, 0.05) is 19.6 Å². The van der Waals surface area contributed by atoms with Crippen LogP contribution >= 0.6 is 7.37 Å². The van der Waals surface area contributed by atoms with Crippen molar-refractivity contribution >= 4 is 19.4 Å². The first kappa shape index (κ1) is 19.9. The summed E-state index contributed by atoms with van der Waals surface area (Å²) in [6.45, 7) is 7.23. The second-order valence-electron chi connectivity index (χ2n) is 4.95. The molecule has 0 aromatic carbocycles. The molecule has 0 fully saturated rings. The largest absolute Gasteiger partial charge is 0.469 e. The number of nitrogens with zero attached hydrogens (tertiary/aromatic N) is 1. The molecular formula is C13H26NO6P. The monoisotopic (exact) mass is 323 g/mol. The van der Waals surface area contributed by atoms with Gasteiger partial charge < -0.3 is 14.0 Å². The van der Waals surface area contributed by atoms with Crippen molar-refractivity contribution in [2.45, 2.75) is 39.7 Å². The number of carbonyl (C=O) groups is 2. The highest BCUT2D eigenvalue weighted by molar-refractivity contribution is 7.58. The van der Waals surface area contributed by atoms with Crippen molar-refractivity contribution < 1.29 is 28.2 Å². The molecule has 0 aliphatic heterocycles. The van der Waals surface area contributed by atoms with E-state index in [1.54, 1.807) is 20.8 Å². The van der Waals surface area contributed by atoms with E-state index in [0.717, 1.165) is 0 Å². The van der Waals surface area contributed by atoms with E-state index in [2.05, 4.69) is 4.74 Å². The Kier molecular flexibility index (Phi) is 9.29. The summed E-state index contributed by atoms with van der Waals surface area (Å²) in [6, 6.07) is 0. The topological polar surface area (TPSA) is 82.1 Å². The lowest BCUT2D eigenvalue weighted by molar-refractivity contribution is -0.140. The van der Waals surface area contributed by atoms with Crippen LogP contribution in [0, 0.1) is 0 Å². The molecule has 0 aliphatic carbocycles. The van der Waals surface area contributed by atoms with Crippen molar-refractivity contribution in [2.75, 3.05) is 33.2 Å². The highest BCUT2D eigenvalue weighted by Crippen LogP contribution is 2.44. The lowest BCUT2D eigenvalue weighted by Crippen LogP contribution is -2.34. The minimum atomic E-state index is -2.94. The molecule has 0 aromatic rings. The van der Waals surface area contributed by atoms with Crippen LogP contribution in [0.15, 0.2) is 0 Å². The summed E-state index contributed by atoms with van der Waals surface area (Å²) >= 11 is 0. The third-order valence-corrected chi connectivity index (χ3v) is 4.15. The van der Waals surface area contributed by atoms with Crippen molar-refractivity contribution in [3.05, 3.63) is 0 Å². The van der Waals surface area contributed by atoms with Crippen LogP contribution in [0.5, 0.6) is 0 Å². The molecule has 0 aliphatic rings. The van der Waals surface area contributed by atoms with Gasteiger partial charge in [-0.3, -0.25) is 14.3 Å². The van der Waals surface area contributed by atoms with E-state index in [9.17, 15) is 14.2 Å². The van der Waals surface area contributed by atoms with E-state index in [1.165, 1.54) is 18.7 Å². The van der Waals surface area contributed by atoms with Crippen LogP contribution in [0.25, 0.3) is 0 Å². The number of carbonyl (C=O) groups excluding carboxylic acids is 2. The molecule has 0 saturated heterocycles. The minimum absolute atomic E-state index is 0.0365. The maximum absolute atomic E-state index is 12.3.